The highest BCUT2D eigenvalue weighted by atomic mass is 35.5. The summed E-state index contributed by atoms with van der Waals surface area (Å²) < 4.78 is 11.0. The largest absolute Gasteiger partial charge is 0.489 e. The van der Waals surface area contributed by atoms with Gasteiger partial charge in [0.15, 0.2) is 6.10 Å². The zero-order chi connectivity index (χ0) is 24.7. The molecule has 0 saturated carbocycles. The first-order valence-electron chi connectivity index (χ1n) is 10.7. The number of amides is 1. The third-order valence-corrected chi connectivity index (χ3v) is 5.75. The molecule has 1 amide bonds. The first-order valence-corrected chi connectivity index (χ1v) is 11.4. The van der Waals surface area contributed by atoms with E-state index >= 15 is 0 Å². The molecular weight excluding hydrogens is 473 g/mol. The molecule has 176 valence electrons. The highest BCUT2D eigenvalue weighted by molar-refractivity contribution is 6.35. The smallest absolute Gasteiger partial charge is 0.331 e. The molecule has 1 N–H and O–H groups in total. The minimum atomic E-state index is -0.940. The Morgan fingerprint density at radius 3 is 2.32 bits per heavy atom. The molecule has 3 rings (SSSR count). The number of hydrogen-bond donors (Lipinski definition) is 1. The second-order valence-electron chi connectivity index (χ2n) is 7.78. The van der Waals surface area contributed by atoms with E-state index in [-0.39, 0.29) is 6.61 Å². The average molecular weight is 498 g/mol. The van der Waals surface area contributed by atoms with Crippen LogP contribution in [0.15, 0.2) is 66.7 Å². The van der Waals surface area contributed by atoms with E-state index in [0.717, 1.165) is 16.7 Å². The van der Waals surface area contributed by atoms with Crippen LogP contribution in [0.2, 0.25) is 10.0 Å². The zero-order valence-electron chi connectivity index (χ0n) is 19.1. The van der Waals surface area contributed by atoms with Gasteiger partial charge in [0, 0.05) is 27.4 Å². The maximum Gasteiger partial charge on any atom is 0.331 e. The van der Waals surface area contributed by atoms with Crippen LogP contribution in [-0.4, -0.2) is 18.0 Å². The van der Waals surface area contributed by atoms with Crippen LogP contribution >= 0.6 is 23.2 Å². The van der Waals surface area contributed by atoms with Crippen molar-refractivity contribution in [2.24, 2.45) is 0 Å². The van der Waals surface area contributed by atoms with E-state index in [1.165, 1.54) is 13.0 Å². The van der Waals surface area contributed by atoms with Gasteiger partial charge in [-0.1, -0.05) is 59.1 Å². The summed E-state index contributed by atoms with van der Waals surface area (Å²) in [6, 6.07) is 18.1. The molecule has 7 heteroatoms. The van der Waals surface area contributed by atoms with E-state index in [4.69, 9.17) is 32.7 Å². The number of carbonyl (C=O) groups excluding carboxylic acids is 2. The topological polar surface area (TPSA) is 64.6 Å². The lowest BCUT2D eigenvalue weighted by Gasteiger charge is -2.14. The second-order valence-corrected chi connectivity index (χ2v) is 8.59. The SMILES string of the molecule is Cc1ccc(NC(=O)C(C)OC(=O)/C=C/c2ccc(OCc3c(Cl)cccc3Cl)cc2)c(C)c1. The standard InChI is InChI=1S/C27H25Cl2NO4/c1-17-7-13-25(18(2)15-17)30-27(32)19(3)34-26(31)14-10-20-8-11-21(12-9-20)33-16-22-23(28)5-4-6-24(22)29/h4-15,19H,16H2,1-3H3,(H,30,32)/b14-10+. The molecule has 0 aromatic heterocycles. The van der Waals surface area contributed by atoms with Crippen molar-refractivity contribution in [3.05, 3.63) is 99.0 Å². The van der Waals surface area contributed by atoms with Crippen molar-refractivity contribution < 1.29 is 19.1 Å². The average Bonchev–Trinajstić information content (AvgIpc) is 2.80. The molecule has 0 fully saturated rings. The number of benzene rings is 3. The molecule has 3 aromatic rings. The summed E-state index contributed by atoms with van der Waals surface area (Å²) >= 11 is 12.3. The van der Waals surface area contributed by atoms with Crippen molar-refractivity contribution in [1.82, 2.24) is 0 Å². The maximum atomic E-state index is 12.4. The number of rotatable bonds is 8. The molecule has 5 nitrogen and oxygen atoms in total. The number of carbonyl (C=O) groups is 2. The molecule has 0 aliphatic rings. The summed E-state index contributed by atoms with van der Waals surface area (Å²) in [5.41, 5.74) is 4.22. The Bertz CT molecular complexity index is 1190. The molecule has 0 bridgehead atoms. The third-order valence-electron chi connectivity index (χ3n) is 5.04. The summed E-state index contributed by atoms with van der Waals surface area (Å²) in [5.74, 6) is -0.377. The van der Waals surface area contributed by atoms with Crippen LogP contribution in [0.5, 0.6) is 5.75 Å². The number of halogens is 2. The molecule has 0 aliphatic heterocycles. The van der Waals surface area contributed by atoms with Gasteiger partial charge >= 0.3 is 5.97 Å². The van der Waals surface area contributed by atoms with E-state index in [2.05, 4.69) is 5.32 Å². The van der Waals surface area contributed by atoms with Crippen LogP contribution < -0.4 is 10.1 Å². The van der Waals surface area contributed by atoms with E-state index in [0.29, 0.717) is 27.0 Å². The van der Waals surface area contributed by atoms with Gasteiger partial charge in [-0.05, 0) is 68.3 Å². The number of esters is 1. The number of anilines is 1. The lowest BCUT2D eigenvalue weighted by Crippen LogP contribution is -2.29. The minimum absolute atomic E-state index is 0.238. The van der Waals surface area contributed by atoms with Crippen LogP contribution in [0.25, 0.3) is 6.08 Å². The lowest BCUT2D eigenvalue weighted by molar-refractivity contribution is -0.148. The molecule has 0 spiro atoms. The van der Waals surface area contributed by atoms with Gasteiger partial charge in [0.1, 0.15) is 12.4 Å². The zero-order valence-corrected chi connectivity index (χ0v) is 20.6. The molecular formula is C27H25Cl2NO4. The Hall–Kier alpha value is -3.28. The molecule has 1 atom stereocenters. The van der Waals surface area contributed by atoms with Gasteiger partial charge in [-0.25, -0.2) is 4.79 Å². The summed E-state index contributed by atoms with van der Waals surface area (Å²) in [6.45, 7) is 5.65. The fourth-order valence-corrected chi connectivity index (χ4v) is 3.63. The first-order chi connectivity index (χ1) is 16.2. The van der Waals surface area contributed by atoms with Crippen LogP contribution in [0, 0.1) is 13.8 Å². The van der Waals surface area contributed by atoms with Crippen LogP contribution in [0.3, 0.4) is 0 Å². The summed E-state index contributed by atoms with van der Waals surface area (Å²) in [6.07, 6.45) is 1.94. The molecule has 0 saturated heterocycles. The predicted molar refractivity (Wildman–Crippen MR) is 136 cm³/mol. The Morgan fingerprint density at radius 2 is 1.68 bits per heavy atom. The predicted octanol–water partition coefficient (Wildman–Crippen LogP) is 6.77. The number of ether oxygens (including phenoxy) is 2. The molecule has 0 heterocycles. The van der Waals surface area contributed by atoms with E-state index in [1.807, 2.05) is 32.0 Å². The van der Waals surface area contributed by atoms with E-state index in [9.17, 15) is 9.59 Å². The highest BCUT2D eigenvalue weighted by Gasteiger charge is 2.17. The number of nitrogens with one attached hydrogen (secondary N) is 1. The fourth-order valence-electron chi connectivity index (χ4n) is 3.12. The van der Waals surface area contributed by atoms with Gasteiger partial charge in [0.25, 0.3) is 5.91 Å². The highest BCUT2D eigenvalue weighted by Crippen LogP contribution is 2.26. The van der Waals surface area contributed by atoms with Crippen molar-refractivity contribution in [1.29, 1.82) is 0 Å². The van der Waals surface area contributed by atoms with Gasteiger partial charge in [-0.2, -0.15) is 0 Å². The molecule has 0 aliphatic carbocycles. The van der Waals surface area contributed by atoms with Gasteiger partial charge in [-0.15, -0.1) is 0 Å². The normalized spacial score (nSPS) is 11.8. The Kier molecular flexibility index (Phi) is 8.74. The van der Waals surface area contributed by atoms with Crippen molar-refractivity contribution in [2.45, 2.75) is 33.5 Å². The summed E-state index contributed by atoms with van der Waals surface area (Å²) in [7, 11) is 0. The van der Waals surface area contributed by atoms with Crippen LogP contribution in [0.4, 0.5) is 5.69 Å². The van der Waals surface area contributed by atoms with Gasteiger partial charge in [0.05, 0.1) is 0 Å². The van der Waals surface area contributed by atoms with Crippen LogP contribution in [-0.2, 0) is 20.9 Å². The maximum absolute atomic E-state index is 12.4. The van der Waals surface area contributed by atoms with Gasteiger partial charge < -0.3 is 14.8 Å². The van der Waals surface area contributed by atoms with Crippen molar-refractivity contribution in [3.63, 3.8) is 0 Å². The van der Waals surface area contributed by atoms with E-state index in [1.54, 1.807) is 48.5 Å². The minimum Gasteiger partial charge on any atom is -0.489 e. The molecule has 34 heavy (non-hydrogen) atoms. The molecule has 1 unspecified atom stereocenters. The summed E-state index contributed by atoms with van der Waals surface area (Å²) in [5, 5.41) is 3.87. The quantitative estimate of drug-likeness (QED) is 0.275. The van der Waals surface area contributed by atoms with Gasteiger partial charge in [-0.3, -0.25) is 4.79 Å². The summed E-state index contributed by atoms with van der Waals surface area (Å²) in [4.78, 5) is 24.5. The van der Waals surface area contributed by atoms with Crippen LogP contribution in [0.1, 0.15) is 29.2 Å². The van der Waals surface area contributed by atoms with Crippen molar-refractivity contribution in [3.8, 4) is 5.75 Å². The fraction of sp³-hybridized carbons (Fsp3) is 0.185. The Balaban J connectivity index is 1.50. The Morgan fingerprint density at radius 1 is 1.00 bits per heavy atom. The van der Waals surface area contributed by atoms with Crippen molar-refractivity contribution in [2.75, 3.05) is 5.32 Å². The van der Waals surface area contributed by atoms with Gasteiger partial charge in [0.2, 0.25) is 0 Å². The molecule has 3 aromatic carbocycles. The number of hydrogen-bond acceptors (Lipinski definition) is 4. The lowest BCUT2D eigenvalue weighted by atomic mass is 10.1. The molecule has 0 radical (unpaired) electrons. The Labute approximate surface area is 209 Å². The third kappa shape index (κ3) is 7.11. The first kappa shape index (κ1) is 25.3. The van der Waals surface area contributed by atoms with Crippen molar-refractivity contribution >= 4 is 46.8 Å². The van der Waals surface area contributed by atoms with E-state index < -0.39 is 18.0 Å². The second kappa shape index (κ2) is 11.7. The monoisotopic (exact) mass is 497 g/mol. The number of aryl methyl sites for hydroxylation is 2.